The van der Waals surface area contributed by atoms with Crippen molar-refractivity contribution < 1.29 is 5.11 Å². The van der Waals surface area contributed by atoms with Crippen LogP contribution in [-0.2, 0) is 6.42 Å². The van der Waals surface area contributed by atoms with Gasteiger partial charge in [0.05, 0.1) is 0 Å². The number of nitrogens with zero attached hydrogens (tertiary/aromatic N) is 2. The molecule has 0 bridgehead atoms. The Kier molecular flexibility index (Phi) is 5.04. The zero-order valence-corrected chi connectivity index (χ0v) is 9.40. The fourth-order valence-electron chi connectivity index (χ4n) is 1.30. The summed E-state index contributed by atoms with van der Waals surface area (Å²) < 4.78 is 0. The second-order valence-electron chi connectivity index (χ2n) is 4.02. The SMILES string of the molecule is CC(C)Cc1cnc(NCCCO)nc1. The Hall–Kier alpha value is -1.16. The average molecular weight is 209 g/mol. The second kappa shape index (κ2) is 6.35. The topological polar surface area (TPSA) is 58.0 Å². The van der Waals surface area contributed by atoms with E-state index in [0.29, 0.717) is 18.4 Å². The van der Waals surface area contributed by atoms with Crippen molar-refractivity contribution in [3.05, 3.63) is 18.0 Å². The summed E-state index contributed by atoms with van der Waals surface area (Å²) in [5.41, 5.74) is 1.16. The molecule has 0 radical (unpaired) electrons. The first kappa shape index (κ1) is 11.9. The fraction of sp³-hybridized carbons (Fsp3) is 0.636. The first-order valence-corrected chi connectivity index (χ1v) is 5.38. The Morgan fingerprint density at radius 1 is 1.33 bits per heavy atom. The van der Waals surface area contributed by atoms with E-state index < -0.39 is 0 Å². The van der Waals surface area contributed by atoms with Gasteiger partial charge >= 0.3 is 0 Å². The maximum absolute atomic E-state index is 8.61. The third kappa shape index (κ3) is 4.74. The van der Waals surface area contributed by atoms with Crippen LogP contribution in [0.15, 0.2) is 12.4 Å². The highest BCUT2D eigenvalue weighted by atomic mass is 16.3. The van der Waals surface area contributed by atoms with Crippen LogP contribution in [0.5, 0.6) is 0 Å². The summed E-state index contributed by atoms with van der Waals surface area (Å²) in [6.45, 7) is 5.25. The van der Waals surface area contributed by atoms with Gasteiger partial charge in [0.15, 0.2) is 0 Å². The molecule has 0 fully saturated rings. The minimum Gasteiger partial charge on any atom is -0.396 e. The molecule has 0 aliphatic rings. The van der Waals surface area contributed by atoms with Gasteiger partial charge in [-0.25, -0.2) is 9.97 Å². The lowest BCUT2D eigenvalue weighted by atomic mass is 10.1. The van der Waals surface area contributed by atoms with Crippen LogP contribution < -0.4 is 5.32 Å². The van der Waals surface area contributed by atoms with Crippen LogP contribution in [0.3, 0.4) is 0 Å². The molecule has 0 saturated heterocycles. The maximum atomic E-state index is 8.61. The standard InChI is InChI=1S/C11H19N3O/c1-9(2)6-10-7-13-11(14-8-10)12-4-3-5-15/h7-9,15H,3-6H2,1-2H3,(H,12,13,14). The van der Waals surface area contributed by atoms with E-state index in [1.807, 2.05) is 12.4 Å². The summed E-state index contributed by atoms with van der Waals surface area (Å²) >= 11 is 0. The second-order valence-corrected chi connectivity index (χ2v) is 4.02. The van der Waals surface area contributed by atoms with Gasteiger partial charge in [0.1, 0.15) is 0 Å². The molecule has 0 amide bonds. The van der Waals surface area contributed by atoms with Gasteiger partial charge in [-0.05, 0) is 24.3 Å². The minimum atomic E-state index is 0.193. The van der Waals surface area contributed by atoms with Crippen molar-refractivity contribution in [2.24, 2.45) is 5.92 Å². The molecule has 2 N–H and O–H groups in total. The van der Waals surface area contributed by atoms with Crippen molar-refractivity contribution >= 4 is 5.95 Å². The lowest BCUT2D eigenvalue weighted by molar-refractivity contribution is 0.292. The van der Waals surface area contributed by atoms with E-state index in [9.17, 15) is 0 Å². The molecule has 0 aromatic carbocycles. The molecule has 0 saturated carbocycles. The molecule has 4 nitrogen and oxygen atoms in total. The number of rotatable bonds is 6. The molecule has 84 valence electrons. The predicted molar refractivity (Wildman–Crippen MR) is 60.8 cm³/mol. The van der Waals surface area contributed by atoms with Gasteiger partial charge in [0.25, 0.3) is 0 Å². The fourth-order valence-corrected chi connectivity index (χ4v) is 1.30. The van der Waals surface area contributed by atoms with Crippen molar-refractivity contribution in [1.82, 2.24) is 9.97 Å². The smallest absolute Gasteiger partial charge is 0.222 e. The van der Waals surface area contributed by atoms with Gasteiger partial charge in [-0.2, -0.15) is 0 Å². The normalized spacial score (nSPS) is 10.7. The van der Waals surface area contributed by atoms with Gasteiger partial charge in [-0.3, -0.25) is 0 Å². The number of nitrogens with one attached hydrogen (secondary N) is 1. The number of hydrogen-bond acceptors (Lipinski definition) is 4. The third-order valence-electron chi connectivity index (χ3n) is 1.97. The molecule has 1 aromatic rings. The minimum absolute atomic E-state index is 0.193. The molecular weight excluding hydrogens is 190 g/mol. The van der Waals surface area contributed by atoms with E-state index in [-0.39, 0.29) is 6.61 Å². The molecule has 15 heavy (non-hydrogen) atoms. The number of hydrogen-bond donors (Lipinski definition) is 2. The first-order chi connectivity index (χ1) is 7.22. The summed E-state index contributed by atoms with van der Waals surface area (Å²) in [5.74, 6) is 1.26. The van der Waals surface area contributed by atoms with E-state index in [4.69, 9.17) is 5.11 Å². The molecular formula is C11H19N3O. The molecule has 1 aromatic heterocycles. The van der Waals surface area contributed by atoms with Crippen molar-refractivity contribution in [3.63, 3.8) is 0 Å². The van der Waals surface area contributed by atoms with Gasteiger partial charge in [0.2, 0.25) is 5.95 Å². The van der Waals surface area contributed by atoms with Crippen LogP contribution in [0, 0.1) is 5.92 Å². The van der Waals surface area contributed by atoms with Gasteiger partial charge in [-0.15, -0.1) is 0 Å². The van der Waals surface area contributed by atoms with Crippen LogP contribution in [0.1, 0.15) is 25.8 Å². The predicted octanol–water partition coefficient (Wildman–Crippen LogP) is 1.47. The molecule has 0 atom stereocenters. The average Bonchev–Trinajstić information content (AvgIpc) is 2.20. The summed E-state index contributed by atoms with van der Waals surface area (Å²) in [4.78, 5) is 8.40. The van der Waals surface area contributed by atoms with Crippen molar-refractivity contribution in [2.45, 2.75) is 26.7 Å². The summed E-state index contributed by atoms with van der Waals surface area (Å²) in [6.07, 6.45) is 5.44. The third-order valence-corrected chi connectivity index (χ3v) is 1.97. The van der Waals surface area contributed by atoms with Gasteiger partial charge in [-0.1, -0.05) is 13.8 Å². The van der Waals surface area contributed by atoms with E-state index in [1.54, 1.807) is 0 Å². The summed E-state index contributed by atoms with van der Waals surface area (Å²) in [5, 5.41) is 11.7. The molecule has 1 rings (SSSR count). The zero-order valence-electron chi connectivity index (χ0n) is 9.40. The van der Waals surface area contributed by atoms with Crippen molar-refractivity contribution in [2.75, 3.05) is 18.5 Å². The molecule has 1 heterocycles. The van der Waals surface area contributed by atoms with Crippen LogP contribution >= 0.6 is 0 Å². The molecule has 0 unspecified atom stereocenters. The van der Waals surface area contributed by atoms with Crippen LogP contribution in [0.25, 0.3) is 0 Å². The lowest BCUT2D eigenvalue weighted by Crippen LogP contribution is -2.07. The van der Waals surface area contributed by atoms with Crippen LogP contribution in [0.4, 0.5) is 5.95 Å². The number of aliphatic hydroxyl groups excluding tert-OH is 1. The summed E-state index contributed by atoms with van der Waals surface area (Å²) in [6, 6.07) is 0. The van der Waals surface area contributed by atoms with Gasteiger partial charge in [0, 0.05) is 25.5 Å². The Morgan fingerprint density at radius 3 is 2.53 bits per heavy atom. The summed E-state index contributed by atoms with van der Waals surface area (Å²) in [7, 11) is 0. The Labute approximate surface area is 90.8 Å². The van der Waals surface area contributed by atoms with E-state index >= 15 is 0 Å². The monoisotopic (exact) mass is 209 g/mol. The number of aromatic nitrogens is 2. The highest BCUT2D eigenvalue weighted by molar-refractivity contribution is 5.24. The van der Waals surface area contributed by atoms with Gasteiger partial charge < -0.3 is 10.4 Å². The molecule has 0 aliphatic heterocycles. The molecule has 4 heteroatoms. The first-order valence-electron chi connectivity index (χ1n) is 5.38. The maximum Gasteiger partial charge on any atom is 0.222 e. The Morgan fingerprint density at radius 2 is 2.00 bits per heavy atom. The van der Waals surface area contributed by atoms with E-state index in [2.05, 4.69) is 29.1 Å². The van der Waals surface area contributed by atoms with E-state index in [0.717, 1.165) is 18.4 Å². The largest absolute Gasteiger partial charge is 0.396 e. The van der Waals surface area contributed by atoms with E-state index in [1.165, 1.54) is 0 Å². The quantitative estimate of drug-likeness (QED) is 0.697. The van der Waals surface area contributed by atoms with Crippen LogP contribution in [0.2, 0.25) is 0 Å². The number of anilines is 1. The van der Waals surface area contributed by atoms with Crippen LogP contribution in [-0.4, -0.2) is 28.2 Å². The zero-order chi connectivity index (χ0) is 11.1. The molecule has 0 spiro atoms. The number of aliphatic hydroxyl groups is 1. The highest BCUT2D eigenvalue weighted by Gasteiger charge is 1.99. The van der Waals surface area contributed by atoms with Crippen molar-refractivity contribution in [1.29, 1.82) is 0 Å². The van der Waals surface area contributed by atoms with Crippen molar-refractivity contribution in [3.8, 4) is 0 Å². The Balaban J connectivity index is 2.42. The molecule has 0 aliphatic carbocycles. The lowest BCUT2D eigenvalue weighted by Gasteiger charge is -2.06. The highest BCUT2D eigenvalue weighted by Crippen LogP contribution is 2.06. The Bertz CT molecular complexity index is 272.